The van der Waals surface area contributed by atoms with Crippen LogP contribution in [0, 0.1) is 0 Å². The molecule has 2 amide bonds. The second-order valence-electron chi connectivity index (χ2n) is 6.90. The van der Waals surface area contributed by atoms with Crippen LogP contribution in [0.2, 0.25) is 0 Å². The monoisotopic (exact) mass is 396 g/mol. The Morgan fingerprint density at radius 3 is 2.41 bits per heavy atom. The van der Waals surface area contributed by atoms with Gasteiger partial charge in [0.2, 0.25) is 5.91 Å². The van der Waals surface area contributed by atoms with Crippen LogP contribution in [0.3, 0.4) is 0 Å². The molecule has 1 fully saturated rings. The predicted molar refractivity (Wildman–Crippen MR) is 107 cm³/mol. The van der Waals surface area contributed by atoms with Crippen molar-refractivity contribution < 1.29 is 23.9 Å². The molecule has 3 rings (SSSR count). The van der Waals surface area contributed by atoms with E-state index in [1.807, 2.05) is 48.5 Å². The number of nitrogens with zero attached hydrogens (tertiary/aromatic N) is 1. The third-order valence-corrected chi connectivity index (χ3v) is 4.42. The van der Waals surface area contributed by atoms with Gasteiger partial charge < -0.3 is 19.7 Å². The molecule has 7 nitrogen and oxygen atoms in total. The third-order valence-electron chi connectivity index (χ3n) is 4.42. The van der Waals surface area contributed by atoms with E-state index in [9.17, 15) is 14.4 Å². The zero-order valence-corrected chi connectivity index (χ0v) is 16.3. The Bertz CT molecular complexity index is 865. The summed E-state index contributed by atoms with van der Waals surface area (Å²) in [4.78, 5) is 37.0. The smallest absolute Gasteiger partial charge is 0.344 e. The Morgan fingerprint density at radius 2 is 1.69 bits per heavy atom. The summed E-state index contributed by atoms with van der Waals surface area (Å²) < 4.78 is 10.6. The molecule has 2 aromatic rings. The molecule has 0 aliphatic heterocycles. The van der Waals surface area contributed by atoms with Gasteiger partial charge in [0.25, 0.3) is 5.91 Å². The molecule has 7 heteroatoms. The number of benzene rings is 2. The van der Waals surface area contributed by atoms with Crippen molar-refractivity contribution in [3.8, 4) is 16.9 Å². The summed E-state index contributed by atoms with van der Waals surface area (Å²) in [7, 11) is 1.50. The molecule has 1 saturated carbocycles. The molecule has 2 aromatic carbocycles. The quantitative estimate of drug-likeness (QED) is 0.656. The number of amides is 2. The molecule has 1 aliphatic rings. The lowest BCUT2D eigenvalue weighted by Gasteiger charge is -2.17. The number of hydrogen-bond donors (Lipinski definition) is 1. The van der Waals surface area contributed by atoms with Gasteiger partial charge in [0, 0.05) is 18.7 Å². The number of ether oxygens (including phenoxy) is 2. The van der Waals surface area contributed by atoms with Gasteiger partial charge in [-0.05, 0) is 24.5 Å². The van der Waals surface area contributed by atoms with Crippen molar-refractivity contribution in [1.82, 2.24) is 10.2 Å². The van der Waals surface area contributed by atoms with Crippen LogP contribution in [0.15, 0.2) is 54.6 Å². The lowest BCUT2D eigenvalue weighted by atomic mass is 10.1. The highest BCUT2D eigenvalue weighted by atomic mass is 16.6. The lowest BCUT2D eigenvalue weighted by Crippen LogP contribution is -2.40. The van der Waals surface area contributed by atoms with E-state index < -0.39 is 18.5 Å². The van der Waals surface area contributed by atoms with Gasteiger partial charge in [0.15, 0.2) is 13.2 Å². The number of carbonyl (C=O) groups excluding carboxylic acids is 3. The Morgan fingerprint density at radius 1 is 1.00 bits per heavy atom. The number of likely N-dealkylation sites (N-methyl/N-ethyl adjacent to an activating group) is 1. The van der Waals surface area contributed by atoms with Crippen molar-refractivity contribution in [3.63, 3.8) is 0 Å². The molecule has 0 spiro atoms. The zero-order valence-electron chi connectivity index (χ0n) is 16.3. The molecule has 0 heterocycles. The second kappa shape index (κ2) is 9.73. The maximum Gasteiger partial charge on any atom is 0.344 e. The van der Waals surface area contributed by atoms with Gasteiger partial charge in [0.05, 0.1) is 6.54 Å². The van der Waals surface area contributed by atoms with Gasteiger partial charge in [-0.1, -0.05) is 48.5 Å². The molecule has 0 bridgehead atoms. The molecule has 1 aliphatic carbocycles. The average Bonchev–Trinajstić information content (AvgIpc) is 3.55. The molecular formula is C22H24N2O5. The van der Waals surface area contributed by atoms with Crippen molar-refractivity contribution in [1.29, 1.82) is 0 Å². The third kappa shape index (κ3) is 6.34. The van der Waals surface area contributed by atoms with Crippen LogP contribution in [0.1, 0.15) is 12.8 Å². The molecular weight excluding hydrogens is 372 g/mol. The second-order valence-corrected chi connectivity index (χ2v) is 6.90. The summed E-state index contributed by atoms with van der Waals surface area (Å²) in [6.07, 6.45) is 1.96. The first-order valence-electron chi connectivity index (χ1n) is 9.49. The molecule has 0 radical (unpaired) electrons. The summed E-state index contributed by atoms with van der Waals surface area (Å²) in [5, 5.41) is 2.80. The van der Waals surface area contributed by atoms with E-state index in [2.05, 4.69) is 5.32 Å². The highest BCUT2D eigenvalue weighted by Crippen LogP contribution is 2.29. The average molecular weight is 396 g/mol. The standard InChI is InChI=1S/C22H24N2O5/c1-24(13-20(25)23-17-11-12-17)21(26)14-29-22(27)15-28-19-10-6-5-9-18(19)16-7-3-2-4-8-16/h2-10,17H,11-15H2,1H3,(H,23,25). The molecule has 0 saturated heterocycles. The lowest BCUT2D eigenvalue weighted by molar-refractivity contribution is -0.153. The van der Waals surface area contributed by atoms with Crippen molar-refractivity contribution in [2.45, 2.75) is 18.9 Å². The Balaban J connectivity index is 1.44. The van der Waals surface area contributed by atoms with Crippen molar-refractivity contribution in [2.75, 3.05) is 26.8 Å². The van der Waals surface area contributed by atoms with Crippen molar-refractivity contribution >= 4 is 17.8 Å². The molecule has 1 N–H and O–H groups in total. The topological polar surface area (TPSA) is 84.9 Å². The van der Waals surface area contributed by atoms with E-state index in [0.717, 1.165) is 24.0 Å². The van der Waals surface area contributed by atoms with Crippen molar-refractivity contribution in [2.24, 2.45) is 0 Å². The maximum atomic E-state index is 12.0. The van der Waals surface area contributed by atoms with Crippen LogP contribution in [0.4, 0.5) is 0 Å². The number of hydrogen-bond acceptors (Lipinski definition) is 5. The van der Waals surface area contributed by atoms with Crippen LogP contribution >= 0.6 is 0 Å². The number of esters is 1. The van der Waals surface area contributed by atoms with Crippen LogP contribution in [0.5, 0.6) is 5.75 Å². The summed E-state index contributed by atoms with van der Waals surface area (Å²) in [6.45, 7) is -0.813. The SMILES string of the molecule is CN(CC(=O)NC1CC1)C(=O)COC(=O)COc1ccccc1-c1ccccc1. The van der Waals surface area contributed by atoms with Gasteiger partial charge in [-0.25, -0.2) is 4.79 Å². The Labute approximate surface area is 169 Å². The first-order valence-corrected chi connectivity index (χ1v) is 9.49. The van der Waals surface area contributed by atoms with Crippen LogP contribution < -0.4 is 10.1 Å². The number of rotatable bonds is 9. The minimum Gasteiger partial charge on any atom is -0.481 e. The summed E-state index contributed by atoms with van der Waals surface area (Å²) in [5.41, 5.74) is 1.83. The van der Waals surface area contributed by atoms with E-state index in [0.29, 0.717) is 5.75 Å². The van der Waals surface area contributed by atoms with Gasteiger partial charge in [-0.15, -0.1) is 0 Å². The van der Waals surface area contributed by atoms with Gasteiger partial charge in [-0.3, -0.25) is 9.59 Å². The minimum absolute atomic E-state index is 0.0617. The van der Waals surface area contributed by atoms with Crippen LogP contribution in [-0.2, 0) is 19.1 Å². The Hall–Kier alpha value is -3.35. The number of para-hydroxylation sites is 1. The van der Waals surface area contributed by atoms with Gasteiger partial charge in [-0.2, -0.15) is 0 Å². The fourth-order valence-corrected chi connectivity index (χ4v) is 2.68. The predicted octanol–water partition coefficient (Wildman–Crippen LogP) is 2.01. The fourth-order valence-electron chi connectivity index (χ4n) is 2.68. The Kier molecular flexibility index (Phi) is 6.84. The molecule has 0 aromatic heterocycles. The molecule has 0 unspecified atom stereocenters. The molecule has 29 heavy (non-hydrogen) atoms. The minimum atomic E-state index is -0.656. The largest absolute Gasteiger partial charge is 0.481 e. The van der Waals surface area contributed by atoms with E-state index in [1.54, 1.807) is 6.07 Å². The summed E-state index contributed by atoms with van der Waals surface area (Å²) in [5.74, 6) is -0.766. The normalized spacial score (nSPS) is 12.7. The maximum absolute atomic E-state index is 12.0. The summed E-state index contributed by atoms with van der Waals surface area (Å²) >= 11 is 0. The first kappa shape index (κ1) is 20.4. The first-order chi connectivity index (χ1) is 14.0. The van der Waals surface area contributed by atoms with Gasteiger partial charge in [0.1, 0.15) is 5.75 Å². The zero-order chi connectivity index (χ0) is 20.6. The molecule has 0 atom stereocenters. The van der Waals surface area contributed by atoms with E-state index >= 15 is 0 Å². The summed E-state index contributed by atoms with van der Waals surface area (Å²) in [6, 6.07) is 17.3. The van der Waals surface area contributed by atoms with E-state index in [1.165, 1.54) is 11.9 Å². The van der Waals surface area contributed by atoms with Gasteiger partial charge >= 0.3 is 5.97 Å². The fraction of sp³-hybridized carbons (Fsp3) is 0.318. The number of carbonyl (C=O) groups is 3. The highest BCUT2D eigenvalue weighted by molar-refractivity contribution is 5.86. The van der Waals surface area contributed by atoms with E-state index in [4.69, 9.17) is 9.47 Å². The van der Waals surface area contributed by atoms with Crippen molar-refractivity contribution in [3.05, 3.63) is 54.6 Å². The highest BCUT2D eigenvalue weighted by Gasteiger charge is 2.24. The molecule has 152 valence electrons. The van der Waals surface area contributed by atoms with Crippen LogP contribution in [0.25, 0.3) is 11.1 Å². The van der Waals surface area contributed by atoms with Crippen LogP contribution in [-0.4, -0.2) is 55.5 Å². The number of nitrogens with one attached hydrogen (secondary N) is 1. The van der Waals surface area contributed by atoms with E-state index in [-0.39, 0.29) is 25.1 Å².